The lowest BCUT2D eigenvalue weighted by Gasteiger charge is -2.14. The fourth-order valence-corrected chi connectivity index (χ4v) is 3.46. The Morgan fingerprint density at radius 3 is 2.55 bits per heavy atom. The van der Waals surface area contributed by atoms with Crippen LogP contribution in [-0.2, 0) is 13.2 Å². The van der Waals surface area contributed by atoms with Crippen LogP contribution >= 0.6 is 0 Å². The van der Waals surface area contributed by atoms with Crippen molar-refractivity contribution in [1.82, 2.24) is 20.3 Å². The van der Waals surface area contributed by atoms with E-state index in [0.717, 1.165) is 34.7 Å². The first-order chi connectivity index (χ1) is 13.8. The smallest absolute Gasteiger partial charge is 0.274 e. The number of ether oxygens (including phenoxy) is 1. The molecule has 0 saturated carbocycles. The average molecular weight is 396 g/mol. The molecule has 0 fully saturated rings. The molecule has 154 valence electrons. The maximum absolute atomic E-state index is 12.9. The first kappa shape index (κ1) is 20.6. The van der Waals surface area contributed by atoms with E-state index >= 15 is 0 Å². The van der Waals surface area contributed by atoms with Crippen LogP contribution < -0.4 is 10.1 Å². The van der Waals surface area contributed by atoms with Gasteiger partial charge in [-0.3, -0.25) is 9.48 Å². The van der Waals surface area contributed by atoms with Gasteiger partial charge in [-0.1, -0.05) is 23.4 Å². The van der Waals surface area contributed by atoms with Gasteiger partial charge < -0.3 is 14.6 Å². The normalized spacial score (nSPS) is 12.1. The summed E-state index contributed by atoms with van der Waals surface area (Å²) < 4.78 is 13.2. The number of aryl methyl sites for hydroxylation is 4. The Morgan fingerprint density at radius 1 is 1.24 bits per heavy atom. The molecule has 0 spiro atoms. The first-order valence-corrected chi connectivity index (χ1v) is 9.80. The highest BCUT2D eigenvalue weighted by Gasteiger charge is 2.23. The zero-order chi connectivity index (χ0) is 21.1. The number of benzene rings is 1. The van der Waals surface area contributed by atoms with Crippen LogP contribution in [0.25, 0.3) is 0 Å². The fourth-order valence-electron chi connectivity index (χ4n) is 3.46. The van der Waals surface area contributed by atoms with Gasteiger partial charge in [0.2, 0.25) is 0 Å². The van der Waals surface area contributed by atoms with Gasteiger partial charge in [0.1, 0.15) is 18.1 Å². The van der Waals surface area contributed by atoms with Crippen LogP contribution in [0.5, 0.6) is 5.75 Å². The first-order valence-electron chi connectivity index (χ1n) is 9.80. The lowest BCUT2D eigenvalue weighted by atomic mass is 10.1. The third-order valence-corrected chi connectivity index (χ3v) is 5.22. The molecule has 1 atom stereocenters. The third-order valence-electron chi connectivity index (χ3n) is 5.22. The van der Waals surface area contributed by atoms with E-state index in [1.165, 1.54) is 0 Å². The minimum absolute atomic E-state index is 0.202. The van der Waals surface area contributed by atoms with E-state index in [-0.39, 0.29) is 24.2 Å². The highest BCUT2D eigenvalue weighted by Crippen LogP contribution is 2.25. The van der Waals surface area contributed by atoms with Gasteiger partial charge in [-0.15, -0.1) is 0 Å². The maximum Gasteiger partial charge on any atom is 0.274 e. The Labute approximate surface area is 171 Å². The summed E-state index contributed by atoms with van der Waals surface area (Å²) in [4.78, 5) is 12.9. The van der Waals surface area contributed by atoms with Crippen LogP contribution in [0.15, 0.2) is 28.9 Å². The number of rotatable bonds is 7. The van der Waals surface area contributed by atoms with Crippen LogP contribution in [-0.4, -0.2) is 20.8 Å². The molecule has 3 aromatic rings. The van der Waals surface area contributed by atoms with Gasteiger partial charge in [0, 0.05) is 17.8 Å². The van der Waals surface area contributed by atoms with Crippen molar-refractivity contribution in [2.24, 2.45) is 0 Å². The minimum Gasteiger partial charge on any atom is -0.488 e. The summed E-state index contributed by atoms with van der Waals surface area (Å²) in [7, 11) is 0. The van der Waals surface area contributed by atoms with Gasteiger partial charge in [-0.25, -0.2) is 0 Å². The average Bonchev–Trinajstić information content (AvgIpc) is 3.23. The lowest BCUT2D eigenvalue weighted by molar-refractivity contribution is 0.0928. The van der Waals surface area contributed by atoms with Crippen LogP contribution in [0.4, 0.5) is 0 Å². The monoisotopic (exact) mass is 396 g/mol. The second kappa shape index (κ2) is 8.51. The predicted molar refractivity (Wildman–Crippen MR) is 110 cm³/mol. The molecule has 0 aliphatic heterocycles. The molecule has 0 radical (unpaired) electrons. The zero-order valence-electron chi connectivity index (χ0n) is 17.9. The zero-order valence-corrected chi connectivity index (χ0v) is 17.9. The molecule has 7 heteroatoms. The van der Waals surface area contributed by atoms with E-state index in [4.69, 9.17) is 9.26 Å². The Hall–Kier alpha value is -3.09. The molecule has 0 saturated heterocycles. The fraction of sp³-hybridized carbons (Fsp3) is 0.409. The number of hydrogen-bond acceptors (Lipinski definition) is 5. The molecule has 1 unspecified atom stereocenters. The summed E-state index contributed by atoms with van der Waals surface area (Å²) in [6.45, 7) is 12.7. The molecule has 0 bridgehead atoms. The molecule has 2 aromatic heterocycles. The number of carbonyl (C=O) groups excluding carboxylic acids is 1. The summed E-state index contributed by atoms with van der Waals surface area (Å²) >= 11 is 0. The predicted octanol–water partition coefficient (Wildman–Crippen LogP) is 4.19. The molecular formula is C22H28N4O3. The molecule has 2 heterocycles. The number of hydrogen-bond donors (Lipinski definition) is 1. The number of aromatic nitrogens is 3. The van der Waals surface area contributed by atoms with E-state index < -0.39 is 0 Å². The Balaban J connectivity index is 1.76. The number of para-hydroxylation sites is 1. The minimum atomic E-state index is -0.293. The van der Waals surface area contributed by atoms with Crippen LogP contribution in [0, 0.1) is 27.7 Å². The molecule has 1 aromatic carbocycles. The van der Waals surface area contributed by atoms with Gasteiger partial charge in [0.15, 0.2) is 5.69 Å². The van der Waals surface area contributed by atoms with Gasteiger partial charge in [0.05, 0.1) is 17.8 Å². The Kier molecular flexibility index (Phi) is 6.06. The second-order valence-electron chi connectivity index (χ2n) is 7.27. The molecule has 29 heavy (non-hydrogen) atoms. The Bertz CT molecular complexity index is 999. The second-order valence-corrected chi connectivity index (χ2v) is 7.27. The molecule has 1 N–H and O–H groups in total. The van der Waals surface area contributed by atoms with Crippen molar-refractivity contribution >= 4 is 5.91 Å². The van der Waals surface area contributed by atoms with Crippen LogP contribution in [0.3, 0.4) is 0 Å². The van der Waals surface area contributed by atoms with Crippen LogP contribution in [0.1, 0.15) is 64.1 Å². The van der Waals surface area contributed by atoms with Crippen molar-refractivity contribution in [2.75, 3.05) is 0 Å². The van der Waals surface area contributed by atoms with Crippen molar-refractivity contribution in [1.29, 1.82) is 0 Å². The quantitative estimate of drug-likeness (QED) is 0.647. The molecule has 0 aliphatic rings. The summed E-state index contributed by atoms with van der Waals surface area (Å²) in [5.74, 6) is 1.09. The molecule has 1 amide bonds. The van der Waals surface area contributed by atoms with Gasteiger partial charge in [0.25, 0.3) is 5.91 Å². The van der Waals surface area contributed by atoms with Crippen molar-refractivity contribution in [2.45, 2.75) is 60.7 Å². The largest absolute Gasteiger partial charge is 0.488 e. The number of amides is 1. The van der Waals surface area contributed by atoms with Gasteiger partial charge in [-0.2, -0.15) is 5.10 Å². The van der Waals surface area contributed by atoms with E-state index in [9.17, 15) is 4.79 Å². The van der Waals surface area contributed by atoms with E-state index in [2.05, 4.69) is 15.6 Å². The number of nitrogens with zero attached hydrogens (tertiary/aromatic N) is 3. The summed E-state index contributed by atoms with van der Waals surface area (Å²) in [5.41, 5.74) is 5.01. The summed E-state index contributed by atoms with van der Waals surface area (Å²) in [6, 6.07) is 5.78. The van der Waals surface area contributed by atoms with Gasteiger partial charge in [-0.05, 0) is 52.7 Å². The van der Waals surface area contributed by atoms with E-state index in [1.54, 1.807) is 13.1 Å². The van der Waals surface area contributed by atoms with Crippen molar-refractivity contribution in [3.05, 3.63) is 63.8 Å². The SMILES string of the molecule is CCn1ncc(C(C)NC(=O)c2noc(C)c2COc2c(C)cccc2C)c1C. The van der Waals surface area contributed by atoms with Crippen molar-refractivity contribution in [3.8, 4) is 5.75 Å². The standard InChI is InChI=1S/C22H28N4O3/c1-7-26-16(5)18(11-23-26)15(4)24-22(27)20-19(17(6)29-25-20)12-28-21-13(2)9-8-10-14(21)3/h8-11,15H,7,12H2,1-6H3,(H,24,27). The summed E-state index contributed by atoms with van der Waals surface area (Å²) in [5, 5.41) is 11.3. The molecule has 7 nitrogen and oxygen atoms in total. The van der Waals surface area contributed by atoms with Gasteiger partial charge >= 0.3 is 0 Å². The molecular weight excluding hydrogens is 368 g/mol. The molecule has 3 rings (SSSR count). The van der Waals surface area contributed by atoms with Crippen LogP contribution in [0.2, 0.25) is 0 Å². The number of carbonyl (C=O) groups is 1. The summed E-state index contributed by atoms with van der Waals surface area (Å²) in [6.07, 6.45) is 1.79. The maximum atomic E-state index is 12.9. The topological polar surface area (TPSA) is 82.2 Å². The highest BCUT2D eigenvalue weighted by atomic mass is 16.5. The van der Waals surface area contributed by atoms with Crippen molar-refractivity contribution < 1.29 is 14.1 Å². The van der Waals surface area contributed by atoms with Crippen molar-refractivity contribution in [3.63, 3.8) is 0 Å². The third kappa shape index (κ3) is 4.18. The van der Waals surface area contributed by atoms with E-state index in [1.807, 2.05) is 57.5 Å². The number of nitrogens with one attached hydrogen (secondary N) is 1. The lowest BCUT2D eigenvalue weighted by Crippen LogP contribution is -2.28. The highest BCUT2D eigenvalue weighted by molar-refractivity contribution is 5.94. The van der Waals surface area contributed by atoms with E-state index in [0.29, 0.717) is 11.3 Å². The molecule has 0 aliphatic carbocycles. The Morgan fingerprint density at radius 2 is 1.93 bits per heavy atom.